The normalized spacial score (nSPS) is 12.1. The van der Waals surface area contributed by atoms with E-state index in [-0.39, 0.29) is 0 Å². The Labute approximate surface area is 265 Å². The van der Waals surface area contributed by atoms with E-state index in [0.29, 0.717) is 0 Å². The van der Waals surface area contributed by atoms with Gasteiger partial charge in [-0.3, -0.25) is 9.97 Å². The first kappa shape index (κ1) is 25.5. The minimum Gasteiger partial charge on any atom is -0.252 e. The van der Waals surface area contributed by atoms with Crippen molar-refractivity contribution in [2.24, 2.45) is 0 Å². The molecule has 2 aromatic heterocycles. The summed E-state index contributed by atoms with van der Waals surface area (Å²) in [6.07, 6.45) is 0. The summed E-state index contributed by atoms with van der Waals surface area (Å²) in [5.41, 5.74) is 8.89. The molecule has 0 aliphatic heterocycles. The molecule has 0 unspecified atom stereocenters. The molecule has 0 radical (unpaired) electrons. The Hall–Kier alpha value is -5.86. The number of hydrogen-bond donors (Lipinski definition) is 0. The van der Waals surface area contributed by atoms with Crippen LogP contribution in [0.5, 0.6) is 0 Å². The molecule has 10 rings (SSSR count). The molecule has 8 aromatic carbocycles. The van der Waals surface area contributed by atoms with Gasteiger partial charge in [0.1, 0.15) is 0 Å². The zero-order valence-corrected chi connectivity index (χ0v) is 25.6. The Balaban J connectivity index is 1.22. The standard InChI is InChI=1S/C44H28N2/c1-25-37-21-33(35-15-7-13-31-17-27-9-3-5-11-29(27)19-39(31)35)24-42-43(37)44-38(26(2)46-42)22-34(23-41(44)45-25)36-16-8-14-32-18-28-10-4-6-12-30(28)20-40(32)36/h3-24H,1-2H3. The maximum absolute atomic E-state index is 5.27. The highest BCUT2D eigenvalue weighted by Crippen LogP contribution is 2.42. The van der Waals surface area contributed by atoms with Crippen LogP contribution in [0.2, 0.25) is 0 Å². The lowest BCUT2D eigenvalue weighted by molar-refractivity contribution is 1.26. The van der Waals surface area contributed by atoms with Gasteiger partial charge in [0.15, 0.2) is 0 Å². The molecule has 46 heavy (non-hydrogen) atoms. The van der Waals surface area contributed by atoms with E-state index < -0.39 is 0 Å². The number of benzene rings is 8. The van der Waals surface area contributed by atoms with Crippen LogP contribution in [0.3, 0.4) is 0 Å². The summed E-state index contributed by atoms with van der Waals surface area (Å²) in [6.45, 7) is 4.28. The number of hydrogen-bond acceptors (Lipinski definition) is 2. The van der Waals surface area contributed by atoms with Gasteiger partial charge in [0.05, 0.1) is 11.0 Å². The second kappa shape index (κ2) is 9.32. The van der Waals surface area contributed by atoms with Crippen molar-refractivity contribution < 1.29 is 0 Å². The fraction of sp³-hybridized carbons (Fsp3) is 0.0455. The number of fused-ring (bicyclic) bond motifs is 4. The molecule has 0 spiro atoms. The van der Waals surface area contributed by atoms with E-state index in [2.05, 4.69) is 147 Å². The Kier molecular flexibility index (Phi) is 5.16. The van der Waals surface area contributed by atoms with Crippen LogP contribution in [0.25, 0.3) is 97.9 Å². The van der Waals surface area contributed by atoms with Gasteiger partial charge in [0.25, 0.3) is 0 Å². The van der Waals surface area contributed by atoms with E-state index in [0.717, 1.165) is 22.4 Å². The Morgan fingerprint density at radius 3 is 1.17 bits per heavy atom. The minimum absolute atomic E-state index is 1.02. The van der Waals surface area contributed by atoms with Crippen LogP contribution in [0.4, 0.5) is 0 Å². The summed E-state index contributed by atoms with van der Waals surface area (Å²) in [5, 5.41) is 14.8. The van der Waals surface area contributed by atoms with Crippen LogP contribution in [0, 0.1) is 13.8 Å². The summed E-state index contributed by atoms with van der Waals surface area (Å²) in [4.78, 5) is 10.5. The third-order valence-electron chi connectivity index (χ3n) is 9.96. The van der Waals surface area contributed by atoms with Gasteiger partial charge in [0.2, 0.25) is 0 Å². The van der Waals surface area contributed by atoms with E-state index in [4.69, 9.17) is 9.97 Å². The zero-order valence-electron chi connectivity index (χ0n) is 25.6. The molecule has 0 saturated carbocycles. The molecule has 0 saturated heterocycles. The molecule has 0 aliphatic rings. The Morgan fingerprint density at radius 1 is 0.348 bits per heavy atom. The molecular formula is C44H28N2. The maximum Gasteiger partial charge on any atom is 0.0725 e. The predicted octanol–water partition coefficient (Wildman–Crippen LogP) is 11.9. The SMILES string of the molecule is Cc1nc2cc(-c3cccc4cc5ccccc5cc34)cc3c(C)nc4cc(-c5cccc6cc7ccccc7cc56)cc1c4c23. The molecule has 10 aromatic rings. The highest BCUT2D eigenvalue weighted by atomic mass is 14.7. The number of pyridine rings is 2. The summed E-state index contributed by atoms with van der Waals surface area (Å²) in [5.74, 6) is 0. The van der Waals surface area contributed by atoms with Crippen molar-refractivity contribution in [3.63, 3.8) is 0 Å². The predicted molar refractivity (Wildman–Crippen MR) is 196 cm³/mol. The third kappa shape index (κ3) is 3.64. The zero-order chi connectivity index (χ0) is 30.5. The van der Waals surface area contributed by atoms with Crippen LogP contribution in [-0.2, 0) is 0 Å². The van der Waals surface area contributed by atoms with Gasteiger partial charge in [-0.05, 0) is 128 Å². The van der Waals surface area contributed by atoms with Crippen LogP contribution in [0.15, 0.2) is 133 Å². The van der Waals surface area contributed by atoms with Crippen LogP contribution < -0.4 is 0 Å². The largest absolute Gasteiger partial charge is 0.252 e. The van der Waals surface area contributed by atoms with E-state index in [1.165, 1.54) is 86.9 Å². The van der Waals surface area contributed by atoms with Crippen LogP contribution in [-0.4, -0.2) is 9.97 Å². The molecule has 2 heterocycles. The van der Waals surface area contributed by atoms with Crippen LogP contribution in [0.1, 0.15) is 11.4 Å². The molecule has 0 aliphatic carbocycles. The average Bonchev–Trinajstić information content (AvgIpc) is 3.08. The maximum atomic E-state index is 5.27. The molecule has 0 amide bonds. The highest BCUT2D eigenvalue weighted by molar-refractivity contribution is 6.24. The summed E-state index contributed by atoms with van der Waals surface area (Å²) >= 11 is 0. The number of aromatic nitrogens is 2. The first-order valence-electron chi connectivity index (χ1n) is 15.9. The van der Waals surface area contributed by atoms with Crippen LogP contribution >= 0.6 is 0 Å². The Bertz CT molecular complexity index is 2680. The number of aryl methyl sites for hydroxylation is 2. The second-order valence-electron chi connectivity index (χ2n) is 12.7. The van der Waals surface area contributed by atoms with Gasteiger partial charge in [-0.2, -0.15) is 0 Å². The summed E-state index contributed by atoms with van der Waals surface area (Å²) in [7, 11) is 0. The van der Waals surface area contributed by atoms with E-state index >= 15 is 0 Å². The molecule has 2 heteroatoms. The molecular weight excluding hydrogens is 556 g/mol. The van der Waals surface area contributed by atoms with Crippen molar-refractivity contribution in [2.45, 2.75) is 13.8 Å². The van der Waals surface area contributed by atoms with Crippen molar-refractivity contribution in [2.75, 3.05) is 0 Å². The first-order chi connectivity index (χ1) is 22.6. The molecule has 214 valence electrons. The molecule has 2 nitrogen and oxygen atoms in total. The summed E-state index contributed by atoms with van der Waals surface area (Å²) in [6, 6.07) is 48.9. The van der Waals surface area contributed by atoms with Crippen molar-refractivity contribution in [1.29, 1.82) is 0 Å². The third-order valence-corrected chi connectivity index (χ3v) is 9.96. The lowest BCUT2D eigenvalue weighted by atomic mass is 9.89. The van der Waals surface area contributed by atoms with Crippen molar-refractivity contribution in [3.05, 3.63) is 145 Å². The van der Waals surface area contributed by atoms with E-state index in [1.54, 1.807) is 0 Å². The van der Waals surface area contributed by atoms with E-state index in [9.17, 15) is 0 Å². The number of rotatable bonds is 2. The van der Waals surface area contributed by atoms with Gasteiger partial charge in [-0.15, -0.1) is 0 Å². The number of nitrogens with zero attached hydrogens (tertiary/aromatic N) is 2. The molecule has 0 bridgehead atoms. The van der Waals surface area contributed by atoms with Crippen molar-refractivity contribution >= 4 is 75.7 Å². The topological polar surface area (TPSA) is 25.8 Å². The van der Waals surface area contributed by atoms with Gasteiger partial charge in [-0.25, -0.2) is 0 Å². The smallest absolute Gasteiger partial charge is 0.0725 e. The average molecular weight is 585 g/mol. The van der Waals surface area contributed by atoms with Gasteiger partial charge in [-0.1, -0.05) is 84.9 Å². The van der Waals surface area contributed by atoms with Crippen molar-refractivity contribution in [1.82, 2.24) is 9.97 Å². The van der Waals surface area contributed by atoms with Gasteiger partial charge >= 0.3 is 0 Å². The molecule has 0 N–H and O–H groups in total. The van der Waals surface area contributed by atoms with Gasteiger partial charge < -0.3 is 0 Å². The summed E-state index contributed by atoms with van der Waals surface area (Å²) < 4.78 is 0. The quantitative estimate of drug-likeness (QED) is 0.149. The first-order valence-corrected chi connectivity index (χ1v) is 15.9. The fourth-order valence-electron chi connectivity index (χ4n) is 7.76. The second-order valence-corrected chi connectivity index (χ2v) is 12.7. The fourth-order valence-corrected chi connectivity index (χ4v) is 7.76. The lowest BCUT2D eigenvalue weighted by Gasteiger charge is -2.18. The lowest BCUT2D eigenvalue weighted by Crippen LogP contribution is -1.97. The van der Waals surface area contributed by atoms with E-state index in [1.807, 2.05) is 0 Å². The van der Waals surface area contributed by atoms with Crippen molar-refractivity contribution in [3.8, 4) is 22.3 Å². The Morgan fingerprint density at radius 2 is 0.739 bits per heavy atom. The minimum atomic E-state index is 1.02. The molecule has 0 fully saturated rings. The van der Waals surface area contributed by atoms with Gasteiger partial charge in [0, 0.05) is 32.9 Å². The molecule has 0 atom stereocenters. The highest BCUT2D eigenvalue weighted by Gasteiger charge is 2.19. The monoisotopic (exact) mass is 584 g/mol.